The fourth-order valence-corrected chi connectivity index (χ4v) is 2.90. The van der Waals surface area contributed by atoms with Crippen molar-refractivity contribution in [3.8, 4) is 0 Å². The minimum atomic E-state index is -0.220. The Balaban J connectivity index is 2.53. The van der Waals surface area contributed by atoms with Crippen LogP contribution in [0.5, 0.6) is 0 Å². The Bertz CT molecular complexity index is 396. The van der Waals surface area contributed by atoms with E-state index in [-0.39, 0.29) is 11.6 Å². The first-order valence-electron chi connectivity index (χ1n) is 5.38. The van der Waals surface area contributed by atoms with E-state index in [4.69, 9.17) is 28.9 Å². The summed E-state index contributed by atoms with van der Waals surface area (Å²) in [4.78, 5) is 2.25. The molecule has 0 bridgehead atoms. The number of hydrogen-bond donors (Lipinski definition) is 1. The van der Waals surface area contributed by atoms with Gasteiger partial charge in [0.25, 0.3) is 0 Å². The number of nitrogens with zero attached hydrogens (tertiary/aromatic N) is 1. The SMILES string of the molecule is CN1CCC(N)C1(C)c1cc(Cl)ccc1Cl. The second kappa shape index (κ2) is 4.19. The molecule has 1 heterocycles. The van der Waals surface area contributed by atoms with Crippen LogP contribution in [0.4, 0.5) is 0 Å². The van der Waals surface area contributed by atoms with E-state index in [9.17, 15) is 0 Å². The summed E-state index contributed by atoms with van der Waals surface area (Å²) < 4.78 is 0. The Morgan fingerprint density at radius 1 is 1.44 bits per heavy atom. The van der Waals surface area contributed by atoms with Crippen molar-refractivity contribution < 1.29 is 0 Å². The fraction of sp³-hybridized carbons (Fsp3) is 0.500. The van der Waals surface area contributed by atoms with Gasteiger partial charge in [0.15, 0.2) is 0 Å². The molecule has 16 heavy (non-hydrogen) atoms. The summed E-state index contributed by atoms with van der Waals surface area (Å²) in [5.41, 5.74) is 7.01. The van der Waals surface area contributed by atoms with E-state index in [1.165, 1.54) is 0 Å². The third-order valence-electron chi connectivity index (χ3n) is 3.76. The van der Waals surface area contributed by atoms with Gasteiger partial charge in [0.05, 0.1) is 5.54 Å². The van der Waals surface area contributed by atoms with Crippen LogP contribution in [0.1, 0.15) is 18.9 Å². The summed E-state index contributed by atoms with van der Waals surface area (Å²) >= 11 is 12.3. The van der Waals surface area contributed by atoms with Crippen LogP contribution < -0.4 is 5.73 Å². The molecule has 1 fully saturated rings. The topological polar surface area (TPSA) is 29.3 Å². The van der Waals surface area contributed by atoms with Gasteiger partial charge in [-0.3, -0.25) is 4.90 Å². The van der Waals surface area contributed by atoms with Gasteiger partial charge in [0.2, 0.25) is 0 Å². The van der Waals surface area contributed by atoms with E-state index >= 15 is 0 Å². The molecule has 2 atom stereocenters. The lowest BCUT2D eigenvalue weighted by Crippen LogP contribution is -2.47. The predicted octanol–water partition coefficient (Wildman–Crippen LogP) is 2.87. The lowest BCUT2D eigenvalue weighted by atomic mass is 9.86. The first-order chi connectivity index (χ1) is 7.46. The maximum atomic E-state index is 6.26. The minimum Gasteiger partial charge on any atom is -0.326 e. The van der Waals surface area contributed by atoms with Crippen LogP contribution in [0.15, 0.2) is 18.2 Å². The van der Waals surface area contributed by atoms with Crippen LogP contribution in [0.2, 0.25) is 10.0 Å². The normalized spacial score (nSPS) is 30.9. The number of hydrogen-bond acceptors (Lipinski definition) is 2. The van der Waals surface area contributed by atoms with E-state index in [1.807, 2.05) is 12.1 Å². The van der Waals surface area contributed by atoms with Crippen molar-refractivity contribution >= 4 is 23.2 Å². The van der Waals surface area contributed by atoms with Gasteiger partial charge in [0, 0.05) is 22.6 Å². The fourth-order valence-electron chi connectivity index (χ4n) is 2.42. The van der Waals surface area contributed by atoms with Crippen molar-refractivity contribution in [3.05, 3.63) is 33.8 Å². The molecule has 2 nitrogen and oxygen atoms in total. The zero-order valence-electron chi connectivity index (χ0n) is 9.50. The maximum absolute atomic E-state index is 6.26. The van der Waals surface area contributed by atoms with Crippen LogP contribution in [-0.4, -0.2) is 24.5 Å². The van der Waals surface area contributed by atoms with Crippen molar-refractivity contribution in [1.82, 2.24) is 4.90 Å². The molecule has 0 radical (unpaired) electrons. The molecule has 88 valence electrons. The molecule has 0 aliphatic carbocycles. The highest BCUT2D eigenvalue weighted by molar-refractivity contribution is 6.33. The monoisotopic (exact) mass is 258 g/mol. The van der Waals surface area contributed by atoms with E-state index in [1.54, 1.807) is 6.07 Å². The molecule has 2 N–H and O–H groups in total. The van der Waals surface area contributed by atoms with Crippen LogP contribution in [0.3, 0.4) is 0 Å². The Labute approximate surface area is 106 Å². The largest absolute Gasteiger partial charge is 0.326 e. The van der Waals surface area contributed by atoms with Gasteiger partial charge in [-0.25, -0.2) is 0 Å². The van der Waals surface area contributed by atoms with Crippen molar-refractivity contribution in [1.29, 1.82) is 0 Å². The third kappa shape index (κ3) is 1.74. The average molecular weight is 259 g/mol. The molecule has 1 aromatic rings. The van der Waals surface area contributed by atoms with Gasteiger partial charge < -0.3 is 5.73 Å². The molecule has 1 aromatic carbocycles. The van der Waals surface area contributed by atoms with Crippen LogP contribution in [-0.2, 0) is 5.54 Å². The predicted molar refractivity (Wildman–Crippen MR) is 69.0 cm³/mol. The number of halogens is 2. The molecule has 1 saturated heterocycles. The van der Waals surface area contributed by atoms with E-state index in [2.05, 4.69) is 18.9 Å². The summed E-state index contributed by atoms with van der Waals surface area (Å²) in [6.45, 7) is 3.11. The molecule has 2 rings (SSSR count). The lowest BCUT2D eigenvalue weighted by Gasteiger charge is -2.37. The summed E-state index contributed by atoms with van der Waals surface area (Å²) in [5, 5.41) is 1.43. The Kier molecular flexibility index (Phi) is 3.19. The zero-order chi connectivity index (χ0) is 11.9. The van der Waals surface area contributed by atoms with Crippen LogP contribution in [0.25, 0.3) is 0 Å². The molecular formula is C12H16Cl2N2. The minimum absolute atomic E-state index is 0.0912. The highest BCUT2D eigenvalue weighted by Gasteiger charge is 2.43. The van der Waals surface area contributed by atoms with E-state index in [0.717, 1.165) is 23.6 Å². The van der Waals surface area contributed by atoms with Crippen molar-refractivity contribution in [2.75, 3.05) is 13.6 Å². The molecule has 2 unspecified atom stereocenters. The molecule has 4 heteroatoms. The molecule has 0 amide bonds. The summed E-state index contributed by atoms with van der Waals surface area (Å²) in [5.74, 6) is 0. The molecule has 1 aliphatic heterocycles. The smallest absolute Gasteiger partial charge is 0.0597 e. The Morgan fingerprint density at radius 3 is 2.69 bits per heavy atom. The van der Waals surface area contributed by atoms with Gasteiger partial charge in [-0.15, -0.1) is 0 Å². The second-order valence-electron chi connectivity index (χ2n) is 4.59. The number of likely N-dealkylation sites (N-methyl/N-ethyl adjacent to an activating group) is 1. The maximum Gasteiger partial charge on any atom is 0.0597 e. The number of nitrogens with two attached hydrogens (primary N) is 1. The summed E-state index contributed by atoms with van der Waals surface area (Å²) in [7, 11) is 2.07. The number of rotatable bonds is 1. The lowest BCUT2D eigenvalue weighted by molar-refractivity contribution is 0.181. The molecule has 0 spiro atoms. The molecular weight excluding hydrogens is 243 g/mol. The third-order valence-corrected chi connectivity index (χ3v) is 4.33. The molecule has 0 saturated carbocycles. The van der Waals surface area contributed by atoms with Crippen molar-refractivity contribution in [2.45, 2.75) is 24.9 Å². The average Bonchev–Trinajstić information content (AvgIpc) is 2.51. The quantitative estimate of drug-likeness (QED) is 0.840. The zero-order valence-corrected chi connectivity index (χ0v) is 11.0. The Morgan fingerprint density at radius 2 is 2.12 bits per heavy atom. The summed E-state index contributed by atoms with van der Waals surface area (Å²) in [6, 6.07) is 5.65. The first-order valence-corrected chi connectivity index (χ1v) is 6.14. The van der Waals surface area contributed by atoms with Crippen molar-refractivity contribution in [2.24, 2.45) is 5.73 Å². The molecule has 0 aromatic heterocycles. The Hall–Kier alpha value is -0.280. The summed E-state index contributed by atoms with van der Waals surface area (Å²) in [6.07, 6.45) is 0.982. The molecule has 1 aliphatic rings. The van der Waals surface area contributed by atoms with Crippen molar-refractivity contribution in [3.63, 3.8) is 0 Å². The first kappa shape index (κ1) is 12.2. The highest BCUT2D eigenvalue weighted by Crippen LogP contribution is 2.40. The highest BCUT2D eigenvalue weighted by atomic mass is 35.5. The van der Waals surface area contributed by atoms with Gasteiger partial charge in [-0.05, 0) is 44.2 Å². The van der Waals surface area contributed by atoms with E-state index in [0.29, 0.717) is 5.02 Å². The van der Waals surface area contributed by atoms with Crippen LogP contribution >= 0.6 is 23.2 Å². The van der Waals surface area contributed by atoms with Gasteiger partial charge in [-0.1, -0.05) is 23.2 Å². The van der Waals surface area contributed by atoms with Gasteiger partial charge in [-0.2, -0.15) is 0 Å². The van der Waals surface area contributed by atoms with Gasteiger partial charge in [0.1, 0.15) is 0 Å². The number of likely N-dealkylation sites (tertiary alicyclic amines) is 1. The van der Waals surface area contributed by atoms with Gasteiger partial charge >= 0.3 is 0 Å². The van der Waals surface area contributed by atoms with E-state index < -0.39 is 0 Å². The van der Waals surface area contributed by atoms with Crippen LogP contribution in [0, 0.1) is 0 Å². The second-order valence-corrected chi connectivity index (χ2v) is 5.43. The standard InChI is InChI=1S/C12H16Cl2N2/c1-12(11(15)5-6-16(12)2)9-7-8(13)3-4-10(9)14/h3-4,7,11H,5-6,15H2,1-2H3. The number of benzene rings is 1.